The number of carbonyl (C=O) groups is 1. The van der Waals surface area contributed by atoms with Gasteiger partial charge in [0.25, 0.3) is 0 Å². The van der Waals surface area contributed by atoms with Crippen molar-refractivity contribution in [3.8, 4) is 0 Å². The Kier molecular flexibility index (Phi) is 5.11. The molecular formula is C4H6ClNOS. The van der Waals surface area contributed by atoms with Gasteiger partial charge in [-0.15, -0.1) is 11.6 Å². The van der Waals surface area contributed by atoms with E-state index in [2.05, 4.69) is 16.6 Å². The third kappa shape index (κ3) is 3.04. The number of amides is 1. The molecule has 0 spiro atoms. The lowest BCUT2D eigenvalue weighted by molar-refractivity contribution is 0.268. The van der Waals surface area contributed by atoms with Gasteiger partial charge in [-0.25, -0.2) is 4.99 Å². The number of carbonyl (C=O) groups excluding carboxylic acids is 1. The Morgan fingerprint density at radius 1 is 1.88 bits per heavy atom. The van der Waals surface area contributed by atoms with Crippen LogP contribution in [0.4, 0.5) is 4.79 Å². The van der Waals surface area contributed by atoms with Gasteiger partial charge in [-0.3, -0.25) is 4.79 Å². The summed E-state index contributed by atoms with van der Waals surface area (Å²) in [4.78, 5) is 13.4. The van der Waals surface area contributed by atoms with Gasteiger partial charge in [-0.05, 0) is 0 Å². The van der Waals surface area contributed by atoms with Crippen LogP contribution in [0.5, 0.6) is 0 Å². The molecule has 0 N–H and O–H groups in total. The lowest BCUT2D eigenvalue weighted by atomic mass is 10.9. The van der Waals surface area contributed by atoms with Gasteiger partial charge in [-0.1, -0.05) is 11.8 Å². The molecule has 2 nitrogen and oxygen atoms in total. The molecule has 8 heavy (non-hydrogen) atoms. The summed E-state index contributed by atoms with van der Waals surface area (Å²) >= 11 is 5.87. The maximum atomic E-state index is 10.0. The normalized spacial score (nSPS) is 15.5. The number of alkyl halides is 1. The van der Waals surface area contributed by atoms with E-state index in [1.54, 1.807) is 6.21 Å². The molecule has 0 bridgehead atoms. The zero-order chi connectivity index (χ0) is 6.41. The molecule has 1 amide bonds. The first-order chi connectivity index (χ1) is 3.89. The van der Waals surface area contributed by atoms with Gasteiger partial charge in [0.2, 0.25) is 0 Å². The van der Waals surface area contributed by atoms with Crippen LogP contribution >= 0.6 is 23.4 Å². The van der Waals surface area contributed by atoms with Crippen molar-refractivity contribution < 1.29 is 4.79 Å². The van der Waals surface area contributed by atoms with Gasteiger partial charge >= 0.3 is 5.24 Å². The van der Waals surface area contributed by atoms with Crippen molar-refractivity contribution in [2.75, 3.05) is 12.1 Å². The Bertz CT molecular complexity index is 104. The van der Waals surface area contributed by atoms with Crippen LogP contribution < -0.4 is 0 Å². The minimum atomic E-state index is -0.0602. The van der Waals surface area contributed by atoms with Gasteiger partial charge in [-0.2, -0.15) is 0 Å². The highest BCUT2D eigenvalue weighted by molar-refractivity contribution is 8.14. The Labute approximate surface area is 57.3 Å². The highest BCUT2D eigenvalue weighted by atomic mass is 35.5. The van der Waals surface area contributed by atoms with Crippen molar-refractivity contribution >= 4 is 34.8 Å². The molecule has 0 atom stereocenters. The highest BCUT2D eigenvalue weighted by Crippen LogP contribution is 2.07. The Morgan fingerprint density at radius 2 is 2.50 bits per heavy atom. The maximum Gasteiger partial charge on any atom is 0.304 e. The molecule has 0 aromatic carbocycles. The fourth-order valence-corrected chi connectivity index (χ4v) is 0.698. The van der Waals surface area contributed by atoms with E-state index < -0.39 is 0 Å². The number of hydrogen-bond acceptors (Lipinski definition) is 2. The molecule has 0 aromatic rings. The third-order valence-electron chi connectivity index (χ3n) is 0.478. The summed E-state index contributed by atoms with van der Waals surface area (Å²) in [7, 11) is 0. The van der Waals surface area contributed by atoms with Crippen molar-refractivity contribution in [3.05, 3.63) is 0 Å². The molecule has 0 radical (unpaired) electrons. The predicted molar refractivity (Wildman–Crippen MR) is 38.1 cm³/mol. The Hall–Kier alpha value is -0.0200. The smallest absolute Gasteiger partial charge is 0.259 e. The van der Waals surface area contributed by atoms with Crippen LogP contribution in [0.15, 0.2) is 4.99 Å². The van der Waals surface area contributed by atoms with E-state index >= 15 is 0 Å². The molecule has 1 aliphatic heterocycles. The number of thioether (sulfide) groups is 1. The fourth-order valence-electron chi connectivity index (χ4n) is 0.258. The summed E-state index contributed by atoms with van der Waals surface area (Å²) in [6, 6.07) is 0. The molecule has 4 heteroatoms. The molecule has 46 valence electrons. The van der Waals surface area contributed by atoms with E-state index in [4.69, 9.17) is 0 Å². The molecule has 0 aromatic heterocycles. The minimum Gasteiger partial charge on any atom is -0.259 e. The van der Waals surface area contributed by atoms with Gasteiger partial charge in [0.15, 0.2) is 0 Å². The molecule has 0 aliphatic carbocycles. The Morgan fingerprint density at radius 3 is 2.62 bits per heavy atom. The van der Waals surface area contributed by atoms with E-state index in [-0.39, 0.29) is 5.24 Å². The fraction of sp³-hybridized carbons (Fsp3) is 0.500. The second-order valence-corrected chi connectivity index (χ2v) is 1.86. The monoisotopic (exact) mass is 151 g/mol. The summed E-state index contributed by atoms with van der Waals surface area (Å²) in [5.41, 5.74) is 0. The van der Waals surface area contributed by atoms with Crippen molar-refractivity contribution in [2.24, 2.45) is 4.99 Å². The van der Waals surface area contributed by atoms with Crippen LogP contribution in [0.3, 0.4) is 0 Å². The number of hydrogen-bond donors (Lipinski definition) is 0. The van der Waals surface area contributed by atoms with Crippen LogP contribution in [-0.4, -0.2) is 23.6 Å². The molecule has 0 saturated heterocycles. The molecule has 0 fully saturated rings. The third-order valence-corrected chi connectivity index (χ3v) is 1.15. The van der Waals surface area contributed by atoms with Gasteiger partial charge in [0.1, 0.15) is 0 Å². The summed E-state index contributed by atoms with van der Waals surface area (Å²) in [6.07, 6.45) is 3.09. The van der Waals surface area contributed by atoms with Crippen LogP contribution in [0.2, 0.25) is 0 Å². The van der Waals surface area contributed by atoms with E-state index in [1.165, 1.54) is 18.1 Å². The summed E-state index contributed by atoms with van der Waals surface area (Å²) < 4.78 is 0. The highest BCUT2D eigenvalue weighted by Gasteiger charge is 2.01. The maximum absolute atomic E-state index is 10.0. The first-order valence-corrected chi connectivity index (χ1v) is 3.71. The van der Waals surface area contributed by atoms with E-state index in [9.17, 15) is 4.79 Å². The van der Waals surface area contributed by atoms with Gasteiger partial charge in [0, 0.05) is 18.4 Å². The topological polar surface area (TPSA) is 29.4 Å². The lowest BCUT2D eigenvalue weighted by Crippen LogP contribution is -1.67. The largest absolute Gasteiger partial charge is 0.304 e. The summed E-state index contributed by atoms with van der Waals surface area (Å²) in [6.45, 7) is 0. The van der Waals surface area contributed by atoms with Crippen molar-refractivity contribution in [1.29, 1.82) is 0 Å². The van der Waals surface area contributed by atoms with Crippen LogP contribution in [0, 0.1) is 0 Å². The van der Waals surface area contributed by atoms with Crippen LogP contribution in [-0.2, 0) is 0 Å². The first kappa shape index (κ1) is 7.98. The number of rotatable bonds is 0. The summed E-state index contributed by atoms with van der Waals surface area (Å²) in [5.74, 6) is 0.763. The van der Waals surface area contributed by atoms with E-state index in [0.29, 0.717) is 0 Å². The number of halogens is 1. The second kappa shape index (κ2) is 5.12. The van der Waals surface area contributed by atoms with Crippen LogP contribution in [0.1, 0.15) is 0 Å². The standard InChI is InChI=1S/C3H3NOS.CH3Cl/c5-3-4-1-2-6-3;1-2/h1H,2H2;1H3. The second-order valence-electron chi connectivity index (χ2n) is 0.889. The predicted octanol–water partition coefficient (Wildman–Crippen LogP) is 1.78. The summed E-state index contributed by atoms with van der Waals surface area (Å²) in [5, 5.41) is -0.0602. The number of aliphatic imine (C=N–C) groups is 1. The van der Waals surface area contributed by atoms with E-state index in [0.717, 1.165) is 5.75 Å². The van der Waals surface area contributed by atoms with Crippen molar-refractivity contribution in [3.63, 3.8) is 0 Å². The molecule has 0 saturated carbocycles. The molecule has 1 rings (SSSR count). The van der Waals surface area contributed by atoms with Crippen molar-refractivity contribution in [1.82, 2.24) is 0 Å². The van der Waals surface area contributed by atoms with Gasteiger partial charge in [0.05, 0.1) is 0 Å². The molecule has 0 unspecified atom stereocenters. The Balaban J connectivity index is 0.000000222. The van der Waals surface area contributed by atoms with E-state index in [1.807, 2.05) is 0 Å². The SMILES string of the molecule is CCl.O=C1N=CCS1. The quantitative estimate of drug-likeness (QED) is 0.494. The average molecular weight is 152 g/mol. The zero-order valence-corrected chi connectivity index (χ0v) is 6.00. The van der Waals surface area contributed by atoms with Gasteiger partial charge < -0.3 is 0 Å². The molecule has 1 aliphatic rings. The minimum absolute atomic E-state index is 0.0602. The molecular weight excluding hydrogens is 146 g/mol. The average Bonchev–Trinajstić information content (AvgIpc) is 2.24. The number of nitrogens with zero attached hydrogens (tertiary/aromatic N) is 1. The molecule has 1 heterocycles. The zero-order valence-electron chi connectivity index (χ0n) is 4.43. The van der Waals surface area contributed by atoms with Crippen molar-refractivity contribution in [2.45, 2.75) is 0 Å². The lowest BCUT2D eigenvalue weighted by Gasteiger charge is -1.69. The first-order valence-electron chi connectivity index (χ1n) is 1.96. The van der Waals surface area contributed by atoms with Crippen LogP contribution in [0.25, 0.3) is 0 Å².